The molecular weight excluding hydrogens is 248 g/mol. The van der Waals surface area contributed by atoms with Crippen LogP contribution >= 0.6 is 15.9 Å². The highest BCUT2D eigenvalue weighted by Gasteiger charge is 2.08. The Morgan fingerprint density at radius 1 is 1.07 bits per heavy atom. The zero-order chi connectivity index (χ0) is 11.4. The number of alkyl halides is 1. The normalized spacial score (nSPS) is 13.2. The van der Waals surface area contributed by atoms with Crippen molar-refractivity contribution in [3.05, 3.63) is 34.9 Å². The van der Waals surface area contributed by atoms with E-state index in [0.717, 1.165) is 5.92 Å². The van der Waals surface area contributed by atoms with Crippen LogP contribution in [0.25, 0.3) is 0 Å². The van der Waals surface area contributed by atoms with Gasteiger partial charge >= 0.3 is 0 Å². The van der Waals surface area contributed by atoms with E-state index in [9.17, 15) is 0 Å². The van der Waals surface area contributed by atoms with Crippen LogP contribution in [0, 0.1) is 19.8 Å². The van der Waals surface area contributed by atoms with Crippen LogP contribution in [0.3, 0.4) is 0 Å². The lowest BCUT2D eigenvalue weighted by Crippen LogP contribution is -1.95. The van der Waals surface area contributed by atoms with Crippen LogP contribution in [-0.4, -0.2) is 0 Å². The molecule has 0 nitrogen and oxygen atoms in total. The van der Waals surface area contributed by atoms with Crippen molar-refractivity contribution in [2.75, 3.05) is 0 Å². The Kier molecular flexibility index (Phi) is 4.85. The molecule has 1 aromatic rings. The molecule has 15 heavy (non-hydrogen) atoms. The summed E-state index contributed by atoms with van der Waals surface area (Å²) >= 11 is 3.77. The number of benzene rings is 1. The molecule has 1 unspecified atom stereocenters. The molecule has 1 rings (SSSR count). The smallest absolute Gasteiger partial charge is 0.0395 e. The standard InChI is InChI=1S/C14H21Br/c1-10(2)5-8-14(15)13-7-6-11(3)12(4)9-13/h6-7,9-10,14H,5,8H2,1-4H3. The SMILES string of the molecule is Cc1ccc(C(Br)CCC(C)C)cc1C. The number of rotatable bonds is 4. The maximum atomic E-state index is 3.77. The minimum absolute atomic E-state index is 0.513. The summed E-state index contributed by atoms with van der Waals surface area (Å²) in [6.07, 6.45) is 2.50. The predicted octanol–water partition coefficient (Wildman–Crippen LogP) is 5.18. The van der Waals surface area contributed by atoms with Crippen molar-refractivity contribution in [3.63, 3.8) is 0 Å². The molecule has 0 saturated heterocycles. The van der Waals surface area contributed by atoms with Gasteiger partial charge in [-0.3, -0.25) is 0 Å². The maximum absolute atomic E-state index is 3.77. The lowest BCUT2D eigenvalue weighted by molar-refractivity contribution is 0.554. The fraction of sp³-hybridized carbons (Fsp3) is 0.571. The molecule has 1 atom stereocenters. The van der Waals surface area contributed by atoms with E-state index in [4.69, 9.17) is 0 Å². The van der Waals surface area contributed by atoms with Gasteiger partial charge in [-0.2, -0.15) is 0 Å². The Balaban J connectivity index is 2.65. The fourth-order valence-corrected chi connectivity index (χ4v) is 2.15. The van der Waals surface area contributed by atoms with Crippen LogP contribution in [-0.2, 0) is 0 Å². The third-order valence-corrected chi connectivity index (χ3v) is 3.88. The van der Waals surface area contributed by atoms with Gasteiger partial charge in [0.05, 0.1) is 0 Å². The summed E-state index contributed by atoms with van der Waals surface area (Å²) in [4.78, 5) is 0.513. The Bertz CT molecular complexity index is 315. The second-order valence-corrected chi connectivity index (χ2v) is 5.89. The predicted molar refractivity (Wildman–Crippen MR) is 71.7 cm³/mol. The third-order valence-electron chi connectivity index (χ3n) is 2.89. The summed E-state index contributed by atoms with van der Waals surface area (Å²) in [6, 6.07) is 6.76. The summed E-state index contributed by atoms with van der Waals surface area (Å²) in [5.74, 6) is 0.789. The first-order chi connectivity index (χ1) is 7.00. The molecule has 0 aliphatic rings. The molecule has 0 aromatic heterocycles. The van der Waals surface area contributed by atoms with Crippen LogP contribution in [0.5, 0.6) is 0 Å². The molecule has 0 bridgehead atoms. The van der Waals surface area contributed by atoms with Crippen molar-refractivity contribution in [3.8, 4) is 0 Å². The Morgan fingerprint density at radius 3 is 2.27 bits per heavy atom. The molecule has 1 aromatic carbocycles. The third kappa shape index (κ3) is 3.98. The second kappa shape index (κ2) is 5.69. The molecule has 84 valence electrons. The highest BCUT2D eigenvalue weighted by Crippen LogP contribution is 2.30. The van der Waals surface area contributed by atoms with Crippen molar-refractivity contribution in [1.29, 1.82) is 0 Å². The average Bonchev–Trinajstić information content (AvgIpc) is 2.18. The first-order valence-electron chi connectivity index (χ1n) is 5.72. The number of halogens is 1. The largest absolute Gasteiger partial charge is 0.0839 e. The van der Waals surface area contributed by atoms with E-state index in [1.54, 1.807) is 0 Å². The average molecular weight is 269 g/mol. The highest BCUT2D eigenvalue weighted by molar-refractivity contribution is 9.09. The van der Waals surface area contributed by atoms with Crippen molar-refractivity contribution in [2.24, 2.45) is 5.92 Å². The van der Waals surface area contributed by atoms with E-state index in [2.05, 4.69) is 61.8 Å². The van der Waals surface area contributed by atoms with Gasteiger partial charge < -0.3 is 0 Å². The molecule has 0 amide bonds. The molecule has 0 fully saturated rings. The fourth-order valence-electron chi connectivity index (χ4n) is 1.61. The van der Waals surface area contributed by atoms with Gasteiger partial charge in [-0.15, -0.1) is 0 Å². The van der Waals surface area contributed by atoms with Gasteiger partial charge in [-0.25, -0.2) is 0 Å². The quantitative estimate of drug-likeness (QED) is 0.661. The monoisotopic (exact) mass is 268 g/mol. The van der Waals surface area contributed by atoms with Gasteiger partial charge in [0.1, 0.15) is 0 Å². The van der Waals surface area contributed by atoms with Gasteiger partial charge in [0, 0.05) is 4.83 Å². The summed E-state index contributed by atoms with van der Waals surface area (Å²) in [7, 11) is 0. The zero-order valence-corrected chi connectivity index (χ0v) is 11.8. The molecule has 0 saturated carbocycles. The number of hydrogen-bond acceptors (Lipinski definition) is 0. The summed E-state index contributed by atoms with van der Waals surface area (Å²) in [6.45, 7) is 8.90. The van der Waals surface area contributed by atoms with Gasteiger partial charge in [-0.05, 0) is 49.3 Å². The zero-order valence-electron chi connectivity index (χ0n) is 10.2. The summed E-state index contributed by atoms with van der Waals surface area (Å²) < 4.78 is 0. The van der Waals surface area contributed by atoms with Crippen LogP contribution in [0.15, 0.2) is 18.2 Å². The lowest BCUT2D eigenvalue weighted by atomic mass is 9.99. The molecule has 0 aliphatic heterocycles. The van der Waals surface area contributed by atoms with Crippen LogP contribution in [0.4, 0.5) is 0 Å². The lowest BCUT2D eigenvalue weighted by Gasteiger charge is -2.13. The molecule has 0 N–H and O–H groups in total. The van der Waals surface area contributed by atoms with Crippen molar-refractivity contribution < 1.29 is 0 Å². The van der Waals surface area contributed by atoms with Crippen LogP contribution < -0.4 is 0 Å². The molecule has 0 aliphatic carbocycles. The van der Waals surface area contributed by atoms with Gasteiger partial charge in [0.15, 0.2) is 0 Å². The van der Waals surface area contributed by atoms with Gasteiger partial charge in [0.2, 0.25) is 0 Å². The molecular formula is C14H21Br. The molecule has 0 radical (unpaired) electrons. The highest BCUT2D eigenvalue weighted by atomic mass is 79.9. The maximum Gasteiger partial charge on any atom is 0.0395 e. The first-order valence-corrected chi connectivity index (χ1v) is 6.63. The van der Waals surface area contributed by atoms with Crippen LogP contribution in [0.2, 0.25) is 0 Å². The van der Waals surface area contributed by atoms with E-state index < -0.39 is 0 Å². The van der Waals surface area contributed by atoms with E-state index in [-0.39, 0.29) is 0 Å². The van der Waals surface area contributed by atoms with E-state index in [1.165, 1.54) is 29.5 Å². The summed E-state index contributed by atoms with van der Waals surface area (Å²) in [5.41, 5.74) is 4.18. The van der Waals surface area contributed by atoms with E-state index >= 15 is 0 Å². The number of hydrogen-bond donors (Lipinski definition) is 0. The second-order valence-electron chi connectivity index (χ2n) is 4.78. The van der Waals surface area contributed by atoms with Crippen molar-refractivity contribution >= 4 is 15.9 Å². The minimum Gasteiger partial charge on any atom is -0.0839 e. The summed E-state index contributed by atoms with van der Waals surface area (Å²) in [5, 5.41) is 0. The molecule has 0 spiro atoms. The van der Waals surface area contributed by atoms with Crippen LogP contribution in [0.1, 0.15) is 48.2 Å². The topological polar surface area (TPSA) is 0 Å². The Hall–Kier alpha value is -0.300. The van der Waals surface area contributed by atoms with E-state index in [0.29, 0.717) is 4.83 Å². The molecule has 1 heteroatoms. The molecule has 0 heterocycles. The van der Waals surface area contributed by atoms with Gasteiger partial charge in [0.25, 0.3) is 0 Å². The van der Waals surface area contributed by atoms with E-state index in [1.807, 2.05) is 0 Å². The van der Waals surface area contributed by atoms with Crippen molar-refractivity contribution in [2.45, 2.75) is 45.4 Å². The van der Waals surface area contributed by atoms with Gasteiger partial charge in [-0.1, -0.05) is 48.0 Å². The Labute approximate surface area is 102 Å². The Morgan fingerprint density at radius 2 is 1.73 bits per heavy atom. The van der Waals surface area contributed by atoms with Crippen molar-refractivity contribution in [1.82, 2.24) is 0 Å². The minimum atomic E-state index is 0.513. The first kappa shape index (κ1) is 12.8. The number of aryl methyl sites for hydroxylation is 2.